The van der Waals surface area contributed by atoms with Crippen molar-refractivity contribution in [2.24, 2.45) is 5.92 Å². The quantitative estimate of drug-likeness (QED) is 0.620. The monoisotopic (exact) mass is 330 g/mol. The van der Waals surface area contributed by atoms with Gasteiger partial charge in [-0.25, -0.2) is 0 Å². The van der Waals surface area contributed by atoms with Crippen LogP contribution in [0.1, 0.15) is 31.7 Å². The zero-order chi connectivity index (χ0) is 16.5. The summed E-state index contributed by atoms with van der Waals surface area (Å²) >= 11 is 5.32. The van der Waals surface area contributed by atoms with Gasteiger partial charge in [-0.1, -0.05) is 19.1 Å². The Hall–Kier alpha value is -1.64. The van der Waals surface area contributed by atoms with E-state index < -0.39 is 0 Å². The van der Waals surface area contributed by atoms with Crippen LogP contribution >= 0.6 is 12.2 Å². The Bertz CT molecular complexity index is 535. The topological polar surface area (TPSA) is 51.1 Å². The highest BCUT2D eigenvalue weighted by atomic mass is 32.1. The van der Waals surface area contributed by atoms with Crippen LogP contribution in [0.2, 0.25) is 0 Å². The fraction of sp³-hybridized carbons (Fsp3) is 0.556. The molecule has 0 radical (unpaired) electrons. The summed E-state index contributed by atoms with van der Waals surface area (Å²) in [5, 5.41) is 15.8. The smallest absolute Gasteiger partial charge is 0.170 e. The van der Waals surface area contributed by atoms with Crippen molar-refractivity contribution in [1.82, 2.24) is 10.2 Å². The van der Waals surface area contributed by atoms with Gasteiger partial charge in [0, 0.05) is 18.8 Å². The molecule has 5 heteroatoms. The third-order valence-electron chi connectivity index (χ3n) is 4.17. The van der Waals surface area contributed by atoms with Gasteiger partial charge >= 0.3 is 0 Å². The van der Waals surface area contributed by atoms with E-state index in [0.29, 0.717) is 11.5 Å². The summed E-state index contributed by atoms with van der Waals surface area (Å²) in [7, 11) is 0. The third kappa shape index (κ3) is 6.55. The van der Waals surface area contributed by atoms with Gasteiger partial charge < -0.3 is 15.5 Å². The van der Waals surface area contributed by atoms with Crippen molar-refractivity contribution in [3.05, 3.63) is 29.8 Å². The normalized spacial score (nSPS) is 18.2. The molecule has 4 nitrogen and oxygen atoms in total. The summed E-state index contributed by atoms with van der Waals surface area (Å²) < 4.78 is 0. The van der Waals surface area contributed by atoms with Gasteiger partial charge in [0.2, 0.25) is 0 Å². The number of likely N-dealkylation sites (tertiary alicyclic amines) is 1. The largest absolute Gasteiger partial charge is 0.362 e. The molecule has 1 saturated heterocycles. The molecule has 1 aromatic rings. The zero-order valence-corrected chi connectivity index (χ0v) is 14.7. The van der Waals surface area contributed by atoms with Gasteiger partial charge in [-0.3, -0.25) is 0 Å². The molecule has 1 aliphatic rings. The number of hydrogen-bond acceptors (Lipinski definition) is 3. The second kappa shape index (κ2) is 9.49. The molecule has 2 rings (SSSR count). The molecule has 2 N–H and O–H groups in total. The van der Waals surface area contributed by atoms with Crippen LogP contribution in [0.4, 0.5) is 5.69 Å². The van der Waals surface area contributed by atoms with Crippen LogP contribution in [0.3, 0.4) is 0 Å². The molecule has 124 valence electrons. The van der Waals surface area contributed by atoms with Gasteiger partial charge in [-0.15, -0.1) is 0 Å². The third-order valence-corrected chi connectivity index (χ3v) is 4.42. The molecule has 0 bridgehead atoms. The van der Waals surface area contributed by atoms with Crippen molar-refractivity contribution >= 4 is 23.0 Å². The molecule has 1 atom stereocenters. The number of benzene rings is 1. The first kappa shape index (κ1) is 17.7. The Morgan fingerprint density at radius 1 is 1.39 bits per heavy atom. The summed E-state index contributed by atoms with van der Waals surface area (Å²) in [6.07, 6.45) is 4.25. The lowest BCUT2D eigenvalue weighted by Crippen LogP contribution is -2.37. The van der Waals surface area contributed by atoms with Crippen molar-refractivity contribution in [3.63, 3.8) is 0 Å². The Balaban J connectivity index is 1.62. The number of nitrogens with zero attached hydrogens (tertiary/aromatic N) is 2. The molecule has 0 spiro atoms. The number of hydrogen-bond donors (Lipinski definition) is 2. The fourth-order valence-corrected chi connectivity index (χ4v) is 3.19. The number of nitriles is 1. The maximum Gasteiger partial charge on any atom is 0.170 e. The fourth-order valence-electron chi connectivity index (χ4n) is 2.97. The van der Waals surface area contributed by atoms with E-state index >= 15 is 0 Å². The minimum absolute atomic E-state index is 0.443. The molecule has 0 saturated carbocycles. The molecule has 0 aromatic heterocycles. The molecule has 1 aliphatic heterocycles. The minimum atomic E-state index is 0.443. The number of thiocarbonyl (C=S) groups is 1. The van der Waals surface area contributed by atoms with Crippen LogP contribution in [0.5, 0.6) is 0 Å². The van der Waals surface area contributed by atoms with E-state index in [4.69, 9.17) is 17.5 Å². The van der Waals surface area contributed by atoms with Crippen LogP contribution < -0.4 is 10.6 Å². The van der Waals surface area contributed by atoms with E-state index in [1.165, 1.54) is 25.9 Å². The lowest BCUT2D eigenvalue weighted by molar-refractivity contribution is 0.182. The predicted molar refractivity (Wildman–Crippen MR) is 99.4 cm³/mol. The van der Waals surface area contributed by atoms with E-state index in [1.54, 1.807) is 0 Å². The highest BCUT2D eigenvalue weighted by molar-refractivity contribution is 7.80. The summed E-state index contributed by atoms with van der Waals surface area (Å²) in [6.45, 7) is 6.84. The van der Waals surface area contributed by atoms with Crippen molar-refractivity contribution in [2.45, 2.75) is 32.6 Å². The molecular formula is C18H26N4S. The van der Waals surface area contributed by atoms with Gasteiger partial charge in [0.15, 0.2) is 5.11 Å². The van der Waals surface area contributed by atoms with Crippen LogP contribution in [0.25, 0.3) is 0 Å². The molecule has 1 fully saturated rings. The lowest BCUT2D eigenvalue weighted by atomic mass is 10.0. The van der Waals surface area contributed by atoms with E-state index in [1.807, 2.05) is 24.3 Å². The molecular weight excluding hydrogens is 304 g/mol. The van der Waals surface area contributed by atoms with Crippen LogP contribution in [0, 0.1) is 17.2 Å². The average molecular weight is 331 g/mol. The summed E-state index contributed by atoms with van der Waals surface area (Å²) in [5.41, 5.74) is 1.97. The van der Waals surface area contributed by atoms with Crippen molar-refractivity contribution in [1.29, 1.82) is 5.26 Å². The van der Waals surface area contributed by atoms with Crippen LogP contribution in [0.15, 0.2) is 24.3 Å². The van der Waals surface area contributed by atoms with Crippen molar-refractivity contribution in [2.75, 3.05) is 31.5 Å². The van der Waals surface area contributed by atoms with E-state index in [0.717, 1.165) is 36.7 Å². The molecule has 1 heterocycles. The maximum absolute atomic E-state index is 8.66. The van der Waals surface area contributed by atoms with Gasteiger partial charge in [0.05, 0.1) is 12.5 Å². The minimum Gasteiger partial charge on any atom is -0.362 e. The second-order valence-corrected chi connectivity index (χ2v) is 6.72. The first-order chi connectivity index (χ1) is 11.2. The van der Waals surface area contributed by atoms with E-state index in [9.17, 15) is 0 Å². The second-order valence-electron chi connectivity index (χ2n) is 6.31. The number of piperidine rings is 1. The first-order valence-corrected chi connectivity index (χ1v) is 8.81. The molecule has 1 aromatic carbocycles. The number of nitrogens with one attached hydrogen (secondary N) is 2. The average Bonchev–Trinajstić information content (AvgIpc) is 2.54. The molecule has 0 aliphatic carbocycles. The Kier molecular flexibility index (Phi) is 7.31. The van der Waals surface area contributed by atoms with E-state index in [-0.39, 0.29) is 0 Å². The Morgan fingerprint density at radius 2 is 2.17 bits per heavy atom. The van der Waals surface area contributed by atoms with Gasteiger partial charge in [-0.05, 0) is 68.2 Å². The van der Waals surface area contributed by atoms with Crippen molar-refractivity contribution in [3.8, 4) is 6.07 Å². The summed E-state index contributed by atoms with van der Waals surface area (Å²) in [6, 6.07) is 9.95. The Morgan fingerprint density at radius 3 is 2.87 bits per heavy atom. The van der Waals surface area contributed by atoms with Crippen LogP contribution in [-0.4, -0.2) is 36.2 Å². The molecule has 23 heavy (non-hydrogen) atoms. The van der Waals surface area contributed by atoms with E-state index in [2.05, 4.69) is 28.5 Å². The Labute approximate surface area is 144 Å². The zero-order valence-electron chi connectivity index (χ0n) is 13.8. The van der Waals surface area contributed by atoms with Gasteiger partial charge in [0.25, 0.3) is 0 Å². The van der Waals surface area contributed by atoms with Gasteiger partial charge in [-0.2, -0.15) is 5.26 Å². The standard InChI is InChI=1S/C18H26N4S/c1-15-4-2-12-22(14-15)13-3-11-20-18(23)21-17-7-5-16(6-8-17)9-10-19/h5-8,15H,2-4,9,11-14H2,1H3,(H2,20,21,23)/t15-/m0/s1. The highest BCUT2D eigenvalue weighted by Crippen LogP contribution is 2.15. The number of anilines is 1. The summed E-state index contributed by atoms with van der Waals surface area (Å²) in [4.78, 5) is 2.56. The van der Waals surface area contributed by atoms with Crippen LogP contribution in [-0.2, 0) is 6.42 Å². The number of rotatable bonds is 6. The summed E-state index contributed by atoms with van der Waals surface area (Å²) in [5.74, 6) is 0.837. The van der Waals surface area contributed by atoms with Gasteiger partial charge in [0.1, 0.15) is 0 Å². The maximum atomic E-state index is 8.66. The highest BCUT2D eigenvalue weighted by Gasteiger charge is 2.15. The predicted octanol–water partition coefficient (Wildman–Crippen LogP) is 3.16. The lowest BCUT2D eigenvalue weighted by Gasteiger charge is -2.30. The molecule has 0 amide bonds. The van der Waals surface area contributed by atoms with Crippen molar-refractivity contribution < 1.29 is 0 Å². The SMILES string of the molecule is C[C@H]1CCCN(CCCNC(=S)Nc2ccc(CC#N)cc2)C1. The molecule has 0 unspecified atom stereocenters. The first-order valence-electron chi connectivity index (χ1n) is 8.40.